The van der Waals surface area contributed by atoms with E-state index in [4.69, 9.17) is 55.9 Å². The molecule has 0 amide bonds. The fraction of sp³-hybridized carbons (Fsp3) is 0.167. The molecule has 0 heterocycles. The first-order valence-electron chi connectivity index (χ1n) is 10.3. The molecule has 0 saturated carbocycles. The molecule has 0 aromatic heterocycles. The highest BCUT2D eigenvalue weighted by atomic mass is 35.5. The van der Waals surface area contributed by atoms with Crippen LogP contribution >= 0.6 is 46.4 Å². The number of benzene rings is 3. The van der Waals surface area contributed by atoms with E-state index in [-0.39, 0.29) is 50.9 Å². The Labute approximate surface area is 233 Å². The van der Waals surface area contributed by atoms with Gasteiger partial charge in [-0.2, -0.15) is 18.4 Å². The average Bonchev–Trinajstić information content (AvgIpc) is 2.83. The number of ether oxygens (including phenoxy) is 2. The number of nitro benzene ring substituents is 1. The fourth-order valence-electron chi connectivity index (χ4n) is 3.20. The zero-order valence-corrected chi connectivity index (χ0v) is 21.7. The van der Waals surface area contributed by atoms with Crippen LogP contribution in [0.5, 0.6) is 17.2 Å². The van der Waals surface area contributed by atoms with Crippen LogP contribution in [0, 0.1) is 21.4 Å². The Morgan fingerprint density at radius 3 is 2.24 bits per heavy atom. The molecule has 3 aromatic carbocycles. The Kier molecular flexibility index (Phi) is 9.33. The van der Waals surface area contributed by atoms with Crippen molar-refractivity contribution in [3.8, 4) is 23.3 Å². The highest BCUT2D eigenvalue weighted by molar-refractivity contribution is 6.35. The summed E-state index contributed by atoms with van der Waals surface area (Å²) in [5.41, 5.74) is -1.33. The van der Waals surface area contributed by atoms with Gasteiger partial charge >= 0.3 is 11.9 Å². The van der Waals surface area contributed by atoms with Crippen LogP contribution in [-0.4, -0.2) is 17.3 Å². The number of alkyl halides is 3. The number of carbonyl (C=O) groups excluding carboxylic acids is 1. The molecule has 0 saturated heterocycles. The Morgan fingerprint density at radius 1 is 0.974 bits per heavy atom. The predicted molar refractivity (Wildman–Crippen MR) is 135 cm³/mol. The van der Waals surface area contributed by atoms with Crippen LogP contribution in [0.25, 0.3) is 0 Å². The molecule has 1 atom stereocenters. The third-order valence-corrected chi connectivity index (χ3v) is 6.17. The lowest BCUT2D eigenvalue weighted by Crippen LogP contribution is -2.15. The van der Waals surface area contributed by atoms with Crippen LogP contribution in [0.2, 0.25) is 20.1 Å². The van der Waals surface area contributed by atoms with Crippen LogP contribution < -0.4 is 9.47 Å². The van der Waals surface area contributed by atoms with E-state index in [2.05, 4.69) is 0 Å². The highest BCUT2D eigenvalue weighted by Crippen LogP contribution is 2.42. The molecule has 0 aliphatic carbocycles. The van der Waals surface area contributed by atoms with E-state index in [0.717, 1.165) is 24.3 Å². The largest absolute Gasteiger partial charge is 0.486 e. The molecule has 0 aliphatic rings. The third-order valence-electron chi connectivity index (χ3n) is 5.02. The van der Waals surface area contributed by atoms with Crippen LogP contribution in [-0.2, 0) is 11.0 Å². The number of hydrogen-bond acceptors (Lipinski definition) is 6. The molecule has 14 heteroatoms. The number of hydrogen-bond donors (Lipinski definition) is 0. The summed E-state index contributed by atoms with van der Waals surface area (Å²) in [6.07, 6.45) is -4.95. The monoisotopic (exact) mass is 606 g/mol. The summed E-state index contributed by atoms with van der Waals surface area (Å²) in [4.78, 5) is 23.4. The Bertz CT molecular complexity index is 1440. The summed E-state index contributed by atoms with van der Waals surface area (Å²) in [5.74, 6) is -2.55. The van der Waals surface area contributed by atoms with Gasteiger partial charge in [0.2, 0.25) is 5.75 Å². The number of halogens is 7. The van der Waals surface area contributed by atoms with Crippen molar-refractivity contribution in [1.82, 2.24) is 0 Å². The lowest BCUT2D eigenvalue weighted by molar-refractivity contribution is -0.385. The summed E-state index contributed by atoms with van der Waals surface area (Å²) < 4.78 is 49.6. The molecule has 0 N–H and O–H groups in total. The molecule has 0 aliphatic heterocycles. The average molecular weight is 608 g/mol. The number of ketones is 1. The Morgan fingerprint density at radius 2 is 1.66 bits per heavy atom. The Hall–Kier alpha value is -3.23. The van der Waals surface area contributed by atoms with Gasteiger partial charge in [-0.3, -0.25) is 14.9 Å². The molecule has 7 nitrogen and oxygen atoms in total. The first-order valence-corrected chi connectivity index (χ1v) is 11.9. The summed E-state index contributed by atoms with van der Waals surface area (Å²) >= 11 is 23.9. The van der Waals surface area contributed by atoms with Crippen molar-refractivity contribution in [1.29, 1.82) is 5.26 Å². The standard InChI is InChI=1S/C24H13Cl4F3N2O5/c25-13-2-3-14(16(26)8-13)15(11-32)20(34)5-6-37-23-10-22(18(28)9-19(23)33(35)36)38-21-4-1-12(7-17(21)27)24(29,30)31/h1-4,7-10,15H,5-6H2. The van der Waals surface area contributed by atoms with Crippen molar-refractivity contribution in [3.05, 3.63) is 89.9 Å². The molecular weight excluding hydrogens is 595 g/mol. The minimum atomic E-state index is -4.63. The van der Waals surface area contributed by atoms with Crippen LogP contribution in [0.4, 0.5) is 18.9 Å². The third kappa shape index (κ3) is 6.99. The number of Topliss-reactive ketones (excluding diaryl/α,β-unsaturated/α-hetero) is 1. The summed E-state index contributed by atoms with van der Waals surface area (Å²) in [6, 6.07) is 10.5. The number of carbonyl (C=O) groups is 1. The number of nitrogens with zero attached hydrogens (tertiary/aromatic N) is 2. The van der Waals surface area contributed by atoms with E-state index in [1.165, 1.54) is 18.2 Å². The van der Waals surface area contributed by atoms with Gasteiger partial charge in [0.25, 0.3) is 0 Å². The molecule has 0 fully saturated rings. The van der Waals surface area contributed by atoms with Gasteiger partial charge in [0.15, 0.2) is 5.78 Å². The van der Waals surface area contributed by atoms with Gasteiger partial charge in [0.05, 0.1) is 33.2 Å². The topological polar surface area (TPSA) is 102 Å². The molecule has 0 radical (unpaired) electrons. The molecule has 0 bridgehead atoms. The van der Waals surface area contributed by atoms with Crippen LogP contribution in [0.1, 0.15) is 23.5 Å². The zero-order chi connectivity index (χ0) is 28.2. The minimum Gasteiger partial charge on any atom is -0.486 e. The van der Waals surface area contributed by atoms with Gasteiger partial charge in [-0.05, 0) is 35.9 Å². The summed E-state index contributed by atoms with van der Waals surface area (Å²) in [5, 5.41) is 20.8. The van der Waals surface area contributed by atoms with Crippen molar-refractivity contribution >= 4 is 57.9 Å². The fourth-order valence-corrected chi connectivity index (χ4v) is 4.13. The van der Waals surface area contributed by atoms with Gasteiger partial charge in [0.1, 0.15) is 17.4 Å². The number of nitriles is 1. The van der Waals surface area contributed by atoms with Crippen LogP contribution in [0.15, 0.2) is 48.5 Å². The van der Waals surface area contributed by atoms with E-state index in [0.29, 0.717) is 11.1 Å². The van der Waals surface area contributed by atoms with Crippen molar-refractivity contribution in [2.45, 2.75) is 18.5 Å². The lowest BCUT2D eigenvalue weighted by Gasteiger charge is -2.14. The van der Waals surface area contributed by atoms with Gasteiger partial charge in [-0.15, -0.1) is 0 Å². The lowest BCUT2D eigenvalue weighted by atomic mass is 9.94. The van der Waals surface area contributed by atoms with E-state index in [1.807, 2.05) is 6.07 Å². The zero-order valence-electron chi connectivity index (χ0n) is 18.7. The molecule has 3 aromatic rings. The van der Waals surface area contributed by atoms with E-state index in [1.54, 1.807) is 0 Å². The number of nitro groups is 1. The summed E-state index contributed by atoms with van der Waals surface area (Å²) in [7, 11) is 0. The molecule has 0 spiro atoms. The second-order valence-electron chi connectivity index (χ2n) is 7.55. The molecular formula is C24H13Cl4F3N2O5. The predicted octanol–water partition coefficient (Wildman–Crippen LogP) is 8.66. The second-order valence-corrected chi connectivity index (χ2v) is 9.20. The number of rotatable bonds is 9. The quantitative estimate of drug-likeness (QED) is 0.178. The molecule has 38 heavy (non-hydrogen) atoms. The SMILES string of the molecule is N#CC(C(=O)CCOc1cc(Oc2ccc(C(F)(F)F)cc2Cl)c(Cl)cc1[N+](=O)[O-])c1ccc(Cl)cc1Cl. The highest BCUT2D eigenvalue weighted by Gasteiger charge is 2.31. The normalized spacial score (nSPS) is 11.9. The van der Waals surface area contributed by atoms with Gasteiger partial charge in [0, 0.05) is 28.6 Å². The first-order chi connectivity index (χ1) is 17.8. The summed E-state index contributed by atoms with van der Waals surface area (Å²) in [6.45, 7) is -0.370. The van der Waals surface area contributed by atoms with E-state index < -0.39 is 34.1 Å². The molecule has 1 unspecified atom stereocenters. The van der Waals surface area contributed by atoms with Gasteiger partial charge in [-0.1, -0.05) is 52.5 Å². The van der Waals surface area contributed by atoms with Crippen molar-refractivity contribution in [2.75, 3.05) is 6.61 Å². The van der Waals surface area contributed by atoms with Crippen molar-refractivity contribution in [2.24, 2.45) is 0 Å². The minimum absolute atomic E-state index is 0.121. The van der Waals surface area contributed by atoms with Gasteiger partial charge < -0.3 is 9.47 Å². The van der Waals surface area contributed by atoms with Crippen LogP contribution in [0.3, 0.4) is 0 Å². The maximum atomic E-state index is 12.9. The van der Waals surface area contributed by atoms with E-state index in [9.17, 15) is 33.3 Å². The maximum Gasteiger partial charge on any atom is 0.416 e. The molecule has 198 valence electrons. The smallest absolute Gasteiger partial charge is 0.416 e. The van der Waals surface area contributed by atoms with Crippen molar-refractivity contribution < 1.29 is 32.4 Å². The molecule has 3 rings (SSSR count). The van der Waals surface area contributed by atoms with Gasteiger partial charge in [-0.25, -0.2) is 0 Å². The first kappa shape index (κ1) is 29.3. The second kappa shape index (κ2) is 12.1. The van der Waals surface area contributed by atoms with E-state index >= 15 is 0 Å². The Balaban J connectivity index is 1.80. The maximum absolute atomic E-state index is 12.9. The van der Waals surface area contributed by atoms with Crippen molar-refractivity contribution in [3.63, 3.8) is 0 Å².